The zero-order chi connectivity index (χ0) is 20.3. The van der Waals surface area contributed by atoms with E-state index < -0.39 is 26.7 Å². The molecule has 2 N–H and O–H groups in total. The minimum Gasteiger partial charge on any atom is -0.302 e. The standard InChI is InChI=1S/C16H13FN4O5S2/c17-10-1-4-12(5-2-10)28(25,26)18-8-7-15(22)20-16-19-13-6-3-11(21(23)24)9-14(13)27-16/h1-6,9,18H,7-8H2,(H,19,20,22). The predicted molar refractivity (Wildman–Crippen MR) is 101 cm³/mol. The van der Waals surface area contributed by atoms with E-state index in [1.54, 1.807) is 0 Å². The van der Waals surface area contributed by atoms with Crippen LogP contribution in [-0.2, 0) is 14.8 Å². The molecule has 0 aliphatic heterocycles. The molecule has 0 bridgehead atoms. The summed E-state index contributed by atoms with van der Waals surface area (Å²) < 4.78 is 39.8. The fourth-order valence-electron chi connectivity index (χ4n) is 2.26. The molecular formula is C16H13FN4O5S2. The van der Waals surface area contributed by atoms with Gasteiger partial charge in [0.2, 0.25) is 15.9 Å². The number of non-ortho nitro benzene ring substituents is 1. The lowest BCUT2D eigenvalue weighted by molar-refractivity contribution is -0.384. The number of rotatable bonds is 7. The van der Waals surface area contributed by atoms with Gasteiger partial charge in [-0.25, -0.2) is 22.5 Å². The summed E-state index contributed by atoms with van der Waals surface area (Å²) in [5, 5.41) is 13.6. The Morgan fingerprint density at radius 2 is 1.93 bits per heavy atom. The van der Waals surface area contributed by atoms with Gasteiger partial charge in [-0.05, 0) is 30.3 Å². The van der Waals surface area contributed by atoms with Crippen LogP contribution in [0.4, 0.5) is 15.2 Å². The first kappa shape index (κ1) is 19.8. The first-order chi connectivity index (χ1) is 13.2. The molecule has 0 saturated heterocycles. The summed E-state index contributed by atoms with van der Waals surface area (Å²) in [4.78, 5) is 26.3. The molecule has 0 aliphatic carbocycles. The average molecular weight is 424 g/mol. The number of anilines is 1. The molecule has 28 heavy (non-hydrogen) atoms. The molecule has 3 aromatic rings. The quantitative estimate of drug-likeness (QED) is 0.443. The molecule has 0 saturated carbocycles. The molecule has 9 nitrogen and oxygen atoms in total. The Hall–Kier alpha value is -2.96. The van der Waals surface area contributed by atoms with E-state index in [4.69, 9.17) is 0 Å². The van der Waals surface area contributed by atoms with Crippen molar-refractivity contribution in [2.45, 2.75) is 11.3 Å². The van der Waals surface area contributed by atoms with Crippen molar-refractivity contribution in [2.75, 3.05) is 11.9 Å². The second-order valence-electron chi connectivity index (χ2n) is 5.58. The normalized spacial score (nSPS) is 11.5. The Morgan fingerprint density at radius 3 is 2.61 bits per heavy atom. The number of nitrogens with one attached hydrogen (secondary N) is 2. The molecule has 0 atom stereocenters. The molecule has 0 radical (unpaired) electrons. The van der Waals surface area contributed by atoms with Gasteiger partial charge in [0.25, 0.3) is 5.69 Å². The number of hydrogen-bond acceptors (Lipinski definition) is 7. The number of fused-ring (bicyclic) bond motifs is 1. The van der Waals surface area contributed by atoms with Gasteiger partial charge in [0.15, 0.2) is 5.13 Å². The molecule has 0 unspecified atom stereocenters. The van der Waals surface area contributed by atoms with Crippen LogP contribution in [0.25, 0.3) is 10.2 Å². The Morgan fingerprint density at radius 1 is 1.21 bits per heavy atom. The summed E-state index contributed by atoms with van der Waals surface area (Å²) in [6.45, 7) is -0.165. The van der Waals surface area contributed by atoms with Gasteiger partial charge in [-0.3, -0.25) is 14.9 Å². The SMILES string of the molecule is O=C(CCNS(=O)(=O)c1ccc(F)cc1)Nc1nc2ccc([N+](=O)[O-])cc2s1. The molecule has 2 aromatic carbocycles. The molecule has 0 fully saturated rings. The summed E-state index contributed by atoms with van der Waals surface area (Å²) in [7, 11) is -3.85. The van der Waals surface area contributed by atoms with Crippen LogP contribution in [0.1, 0.15) is 6.42 Å². The number of hydrogen-bond donors (Lipinski definition) is 2. The van der Waals surface area contributed by atoms with Crippen molar-refractivity contribution in [1.82, 2.24) is 9.71 Å². The lowest BCUT2D eigenvalue weighted by Gasteiger charge is -2.06. The van der Waals surface area contributed by atoms with Gasteiger partial charge in [0, 0.05) is 25.1 Å². The van der Waals surface area contributed by atoms with Crippen molar-refractivity contribution < 1.29 is 22.5 Å². The number of halogens is 1. The maximum atomic E-state index is 12.9. The van der Waals surface area contributed by atoms with Crippen LogP contribution in [-0.4, -0.2) is 30.8 Å². The smallest absolute Gasteiger partial charge is 0.270 e. The third kappa shape index (κ3) is 4.65. The summed E-state index contributed by atoms with van der Waals surface area (Å²) in [6, 6.07) is 8.46. The lowest BCUT2D eigenvalue weighted by Crippen LogP contribution is -2.27. The average Bonchev–Trinajstić information content (AvgIpc) is 3.03. The third-order valence-corrected chi connectivity index (χ3v) is 6.01. The highest BCUT2D eigenvalue weighted by Gasteiger charge is 2.15. The lowest BCUT2D eigenvalue weighted by atomic mass is 10.3. The number of nitrogens with zero attached hydrogens (tertiary/aromatic N) is 2. The molecular weight excluding hydrogens is 411 g/mol. The number of thiazole rings is 1. The fraction of sp³-hybridized carbons (Fsp3) is 0.125. The second kappa shape index (κ2) is 7.96. The van der Waals surface area contributed by atoms with Crippen LogP contribution in [0.5, 0.6) is 0 Å². The largest absolute Gasteiger partial charge is 0.302 e. The van der Waals surface area contributed by atoms with Crippen molar-refractivity contribution in [1.29, 1.82) is 0 Å². The third-order valence-electron chi connectivity index (χ3n) is 3.60. The number of nitro groups is 1. The topological polar surface area (TPSA) is 131 Å². The first-order valence-electron chi connectivity index (χ1n) is 7.85. The van der Waals surface area contributed by atoms with Crippen molar-refractivity contribution >= 4 is 48.3 Å². The number of amides is 1. The predicted octanol–water partition coefficient (Wildman–Crippen LogP) is 2.65. The van der Waals surface area contributed by atoms with Crippen LogP contribution < -0.4 is 10.0 Å². The van der Waals surface area contributed by atoms with Gasteiger partial charge in [-0.2, -0.15) is 0 Å². The number of nitro benzene ring substituents is 1. The summed E-state index contributed by atoms with van der Waals surface area (Å²) in [6.07, 6.45) is -0.156. The van der Waals surface area contributed by atoms with E-state index in [0.29, 0.717) is 10.2 Å². The second-order valence-corrected chi connectivity index (χ2v) is 8.38. The monoisotopic (exact) mass is 424 g/mol. The highest BCUT2D eigenvalue weighted by molar-refractivity contribution is 7.89. The van der Waals surface area contributed by atoms with Crippen molar-refractivity contribution in [3.63, 3.8) is 0 Å². The number of aromatic nitrogens is 1. The van der Waals surface area contributed by atoms with Gasteiger partial charge >= 0.3 is 0 Å². The summed E-state index contributed by atoms with van der Waals surface area (Å²) in [5.74, 6) is -1.03. The maximum absolute atomic E-state index is 12.9. The van der Waals surface area contributed by atoms with E-state index in [1.165, 1.54) is 18.2 Å². The minimum absolute atomic E-state index is 0.0794. The summed E-state index contributed by atoms with van der Waals surface area (Å²) in [5.41, 5.74) is 0.423. The highest BCUT2D eigenvalue weighted by atomic mass is 32.2. The van der Waals surface area contributed by atoms with Crippen molar-refractivity contribution in [2.24, 2.45) is 0 Å². The van der Waals surface area contributed by atoms with Crippen LogP contribution in [0, 0.1) is 15.9 Å². The molecule has 1 heterocycles. The fourth-order valence-corrected chi connectivity index (χ4v) is 4.21. The number of benzene rings is 2. The van der Waals surface area contributed by atoms with E-state index >= 15 is 0 Å². The van der Waals surface area contributed by atoms with E-state index in [1.807, 2.05) is 0 Å². The molecule has 0 spiro atoms. The van der Waals surface area contributed by atoms with Gasteiger partial charge in [-0.1, -0.05) is 11.3 Å². The molecule has 146 valence electrons. The van der Waals surface area contributed by atoms with Gasteiger partial charge in [0.05, 0.1) is 20.0 Å². The van der Waals surface area contributed by atoms with Crippen LogP contribution in [0.2, 0.25) is 0 Å². The van der Waals surface area contributed by atoms with Gasteiger partial charge in [0.1, 0.15) is 5.82 Å². The van der Waals surface area contributed by atoms with Gasteiger partial charge < -0.3 is 5.32 Å². The highest BCUT2D eigenvalue weighted by Crippen LogP contribution is 2.29. The Balaban J connectivity index is 1.57. The zero-order valence-corrected chi connectivity index (χ0v) is 15.7. The van der Waals surface area contributed by atoms with Crippen LogP contribution >= 0.6 is 11.3 Å². The molecule has 1 aromatic heterocycles. The van der Waals surface area contributed by atoms with Gasteiger partial charge in [-0.15, -0.1) is 0 Å². The number of sulfonamides is 1. The maximum Gasteiger partial charge on any atom is 0.270 e. The first-order valence-corrected chi connectivity index (χ1v) is 10.1. The molecule has 0 aliphatic rings. The summed E-state index contributed by atoms with van der Waals surface area (Å²) >= 11 is 1.07. The number of carbonyl (C=O) groups excluding carboxylic acids is 1. The van der Waals surface area contributed by atoms with E-state index in [9.17, 15) is 27.7 Å². The van der Waals surface area contributed by atoms with E-state index in [0.717, 1.165) is 35.6 Å². The van der Waals surface area contributed by atoms with Crippen LogP contribution in [0.3, 0.4) is 0 Å². The molecule has 1 amide bonds. The van der Waals surface area contributed by atoms with Crippen molar-refractivity contribution in [3.05, 3.63) is 58.4 Å². The van der Waals surface area contributed by atoms with Crippen LogP contribution in [0.15, 0.2) is 47.4 Å². The molecule has 12 heteroatoms. The Labute approximate surface area is 162 Å². The Bertz CT molecular complexity index is 1150. The van der Waals surface area contributed by atoms with Crippen molar-refractivity contribution in [3.8, 4) is 0 Å². The Kier molecular flexibility index (Phi) is 5.63. The van der Waals surface area contributed by atoms with E-state index in [-0.39, 0.29) is 28.7 Å². The minimum atomic E-state index is -3.85. The molecule has 3 rings (SSSR count). The zero-order valence-electron chi connectivity index (χ0n) is 14.1. The van der Waals surface area contributed by atoms with E-state index in [2.05, 4.69) is 15.0 Å². The number of carbonyl (C=O) groups is 1.